The predicted octanol–water partition coefficient (Wildman–Crippen LogP) is 3.44. The van der Waals surface area contributed by atoms with E-state index in [0.717, 1.165) is 22.4 Å². The van der Waals surface area contributed by atoms with Gasteiger partial charge >= 0.3 is 0 Å². The van der Waals surface area contributed by atoms with E-state index in [1.54, 1.807) is 0 Å². The van der Waals surface area contributed by atoms with Crippen molar-refractivity contribution in [3.63, 3.8) is 0 Å². The van der Waals surface area contributed by atoms with Crippen molar-refractivity contribution in [2.24, 2.45) is 0 Å². The molecule has 3 rings (SSSR count). The van der Waals surface area contributed by atoms with E-state index in [-0.39, 0.29) is 0 Å². The molecule has 2 nitrogen and oxygen atoms in total. The fourth-order valence-electron chi connectivity index (χ4n) is 2.08. The number of nitrogens with two attached hydrogens (primary N) is 1. The van der Waals surface area contributed by atoms with Gasteiger partial charge in [-0.3, -0.25) is 0 Å². The van der Waals surface area contributed by atoms with Gasteiger partial charge in [0.25, 0.3) is 0 Å². The Morgan fingerprint density at radius 2 is 1.41 bits per heavy atom. The molecule has 1 heterocycles. The zero-order valence-corrected chi connectivity index (χ0v) is 9.30. The van der Waals surface area contributed by atoms with Gasteiger partial charge in [-0.05, 0) is 11.6 Å². The molecule has 1 aliphatic heterocycles. The maximum atomic E-state index is 6.02. The smallest absolute Gasteiger partial charge is 0.132 e. The molecule has 1 aliphatic carbocycles. The van der Waals surface area contributed by atoms with Crippen molar-refractivity contribution in [3.8, 4) is 22.4 Å². The van der Waals surface area contributed by atoms with Gasteiger partial charge in [0.05, 0.1) is 5.69 Å². The molecule has 2 N–H and O–H groups in total. The number of aromatic nitrogens is 1. The number of hydrogen-bond acceptors (Lipinski definition) is 2. The zero-order chi connectivity index (χ0) is 11.7. The summed E-state index contributed by atoms with van der Waals surface area (Å²) in [5, 5.41) is 0. The average molecular weight is 220 g/mol. The monoisotopic (exact) mass is 220 g/mol. The van der Waals surface area contributed by atoms with Crippen LogP contribution in [0.2, 0.25) is 0 Å². The summed E-state index contributed by atoms with van der Waals surface area (Å²) in [5.74, 6) is 0.595. The highest BCUT2D eigenvalue weighted by Gasteiger charge is 2.15. The van der Waals surface area contributed by atoms with E-state index >= 15 is 0 Å². The Bertz CT molecular complexity index is 617. The van der Waals surface area contributed by atoms with Crippen molar-refractivity contribution in [1.29, 1.82) is 0 Å². The second kappa shape index (κ2) is 3.91. The third kappa shape index (κ3) is 1.64. The molecule has 0 atom stereocenters. The van der Waals surface area contributed by atoms with Crippen LogP contribution in [0.4, 0.5) is 5.82 Å². The van der Waals surface area contributed by atoms with Gasteiger partial charge in [0.2, 0.25) is 0 Å². The summed E-state index contributed by atoms with van der Waals surface area (Å²) in [5.41, 5.74) is 10.2. The maximum absolute atomic E-state index is 6.02. The van der Waals surface area contributed by atoms with E-state index in [2.05, 4.69) is 23.2 Å². The van der Waals surface area contributed by atoms with Crippen molar-refractivity contribution >= 4 is 5.82 Å². The molecule has 0 spiro atoms. The first-order valence-corrected chi connectivity index (χ1v) is 5.56. The summed E-state index contributed by atoms with van der Waals surface area (Å²) in [6.07, 6.45) is 0. The molecule has 0 bridgehead atoms. The summed E-state index contributed by atoms with van der Waals surface area (Å²) in [6, 6.07) is 20.1. The van der Waals surface area contributed by atoms with E-state index in [0.29, 0.717) is 5.82 Å². The standard InChI is InChI=1S/C15H12N2/c16-15-14(11-7-3-1-4-8-11)12-9-5-2-6-10-13(12)17-15/h1-10H,(H2,16,17). The molecule has 2 heteroatoms. The van der Waals surface area contributed by atoms with Crippen LogP contribution in [0, 0.1) is 0 Å². The van der Waals surface area contributed by atoms with Crippen molar-refractivity contribution in [2.45, 2.75) is 0 Å². The third-order valence-corrected chi connectivity index (χ3v) is 2.84. The number of hydrogen-bond donors (Lipinski definition) is 1. The fraction of sp³-hybridized carbons (Fsp3) is 0. The van der Waals surface area contributed by atoms with Gasteiger partial charge in [0.15, 0.2) is 0 Å². The molecule has 2 aliphatic rings. The van der Waals surface area contributed by atoms with Crippen LogP contribution in [0.1, 0.15) is 0 Å². The highest BCUT2D eigenvalue weighted by Crippen LogP contribution is 2.37. The Labute approximate surface area is 100 Å². The molecule has 0 radical (unpaired) electrons. The summed E-state index contributed by atoms with van der Waals surface area (Å²) in [7, 11) is 0. The summed E-state index contributed by atoms with van der Waals surface area (Å²) >= 11 is 0. The van der Waals surface area contributed by atoms with Gasteiger partial charge in [0, 0.05) is 11.1 Å². The molecule has 0 fully saturated rings. The minimum atomic E-state index is 0.595. The second-order valence-corrected chi connectivity index (χ2v) is 3.95. The Morgan fingerprint density at radius 1 is 0.765 bits per heavy atom. The lowest BCUT2D eigenvalue weighted by Gasteiger charge is -2.01. The minimum Gasteiger partial charge on any atom is -0.383 e. The number of nitrogen functional groups attached to an aromatic ring is 1. The zero-order valence-electron chi connectivity index (χ0n) is 9.30. The normalized spacial score (nSPS) is 10.6. The first-order valence-electron chi connectivity index (χ1n) is 5.56. The van der Waals surface area contributed by atoms with E-state index in [1.165, 1.54) is 0 Å². The Balaban J connectivity index is 2.30. The first-order chi connectivity index (χ1) is 8.36. The minimum absolute atomic E-state index is 0.595. The van der Waals surface area contributed by atoms with Crippen LogP contribution in [0.25, 0.3) is 22.4 Å². The highest BCUT2D eigenvalue weighted by molar-refractivity contribution is 5.91. The summed E-state index contributed by atoms with van der Waals surface area (Å²) in [4.78, 5) is 4.41. The van der Waals surface area contributed by atoms with Gasteiger partial charge in [-0.15, -0.1) is 0 Å². The Kier molecular flexibility index (Phi) is 2.26. The lowest BCUT2D eigenvalue weighted by Crippen LogP contribution is -1.86. The predicted molar refractivity (Wildman–Crippen MR) is 70.7 cm³/mol. The molecule has 1 aromatic rings. The van der Waals surface area contributed by atoms with Crippen LogP contribution in [0.5, 0.6) is 0 Å². The number of anilines is 1. The fourth-order valence-corrected chi connectivity index (χ4v) is 2.08. The van der Waals surface area contributed by atoms with E-state index < -0.39 is 0 Å². The Morgan fingerprint density at radius 3 is 2.18 bits per heavy atom. The molecule has 0 amide bonds. The Hall–Kier alpha value is -2.35. The van der Waals surface area contributed by atoms with Crippen LogP contribution < -0.4 is 5.73 Å². The summed E-state index contributed by atoms with van der Waals surface area (Å²) in [6.45, 7) is 0. The van der Waals surface area contributed by atoms with Crippen LogP contribution in [0.15, 0.2) is 60.7 Å². The largest absolute Gasteiger partial charge is 0.383 e. The number of fused-ring (bicyclic) bond motifs is 1. The molecule has 82 valence electrons. The van der Waals surface area contributed by atoms with E-state index in [1.807, 2.05) is 42.5 Å². The summed E-state index contributed by atoms with van der Waals surface area (Å²) < 4.78 is 0. The van der Waals surface area contributed by atoms with Crippen LogP contribution in [-0.4, -0.2) is 4.98 Å². The SMILES string of the molecule is Nc1nc2cccccc-2c1-c1ccccc1. The highest BCUT2D eigenvalue weighted by atomic mass is 14.9. The van der Waals surface area contributed by atoms with Crippen LogP contribution >= 0.6 is 0 Å². The number of rotatable bonds is 1. The van der Waals surface area contributed by atoms with Gasteiger partial charge in [-0.25, -0.2) is 4.98 Å². The molecule has 0 saturated heterocycles. The topological polar surface area (TPSA) is 38.9 Å². The van der Waals surface area contributed by atoms with Gasteiger partial charge in [0.1, 0.15) is 5.82 Å². The molecular weight excluding hydrogens is 208 g/mol. The average Bonchev–Trinajstić information content (AvgIpc) is 2.52. The maximum Gasteiger partial charge on any atom is 0.132 e. The third-order valence-electron chi connectivity index (χ3n) is 2.84. The molecule has 0 unspecified atom stereocenters. The van der Waals surface area contributed by atoms with Gasteiger partial charge < -0.3 is 5.73 Å². The van der Waals surface area contributed by atoms with Crippen molar-refractivity contribution in [3.05, 3.63) is 60.7 Å². The van der Waals surface area contributed by atoms with Crippen LogP contribution in [0.3, 0.4) is 0 Å². The quantitative estimate of drug-likeness (QED) is 0.682. The molecule has 0 aromatic heterocycles. The number of nitrogens with zero attached hydrogens (tertiary/aromatic N) is 1. The van der Waals surface area contributed by atoms with Gasteiger partial charge in [-0.1, -0.05) is 54.6 Å². The van der Waals surface area contributed by atoms with E-state index in [4.69, 9.17) is 5.73 Å². The first kappa shape index (κ1) is 9.85. The molecule has 1 aromatic carbocycles. The van der Waals surface area contributed by atoms with E-state index in [9.17, 15) is 0 Å². The van der Waals surface area contributed by atoms with Crippen molar-refractivity contribution < 1.29 is 0 Å². The molecular formula is C15H12N2. The van der Waals surface area contributed by atoms with Crippen molar-refractivity contribution in [2.75, 3.05) is 5.73 Å². The van der Waals surface area contributed by atoms with Gasteiger partial charge in [-0.2, -0.15) is 0 Å². The lowest BCUT2D eigenvalue weighted by molar-refractivity contribution is 1.42. The second-order valence-electron chi connectivity index (χ2n) is 3.95. The molecule has 17 heavy (non-hydrogen) atoms. The lowest BCUT2D eigenvalue weighted by atomic mass is 10.0. The van der Waals surface area contributed by atoms with Crippen LogP contribution in [-0.2, 0) is 0 Å². The van der Waals surface area contributed by atoms with Crippen molar-refractivity contribution in [1.82, 2.24) is 4.98 Å². The number of benzene rings is 1. The molecule has 0 saturated carbocycles.